The van der Waals surface area contributed by atoms with Crippen molar-refractivity contribution in [3.63, 3.8) is 0 Å². The summed E-state index contributed by atoms with van der Waals surface area (Å²) >= 11 is 0. The van der Waals surface area contributed by atoms with Crippen LogP contribution in [0.2, 0.25) is 0 Å². The Morgan fingerprint density at radius 1 is 1.29 bits per heavy atom. The van der Waals surface area contributed by atoms with Gasteiger partial charge in [0.25, 0.3) is 0 Å². The van der Waals surface area contributed by atoms with Crippen LogP contribution in [0.25, 0.3) is 10.9 Å². The molecule has 0 amide bonds. The summed E-state index contributed by atoms with van der Waals surface area (Å²) in [5.41, 5.74) is 2.64. The van der Waals surface area contributed by atoms with Gasteiger partial charge in [0.1, 0.15) is 0 Å². The lowest BCUT2D eigenvalue weighted by Gasteiger charge is -2.06. The second-order valence-corrected chi connectivity index (χ2v) is 4.28. The first-order valence-corrected chi connectivity index (χ1v) is 6.06. The average molecular weight is 232 g/mol. The first-order chi connectivity index (χ1) is 8.35. The molecule has 2 aromatic rings. The van der Waals surface area contributed by atoms with E-state index in [-0.39, 0.29) is 0 Å². The van der Waals surface area contributed by atoms with Crippen molar-refractivity contribution in [2.45, 2.75) is 19.5 Å². The lowest BCUT2D eigenvalue weighted by atomic mass is 10.1. The number of rotatable bonds is 6. The van der Waals surface area contributed by atoms with E-state index in [1.54, 1.807) is 7.11 Å². The van der Waals surface area contributed by atoms with Gasteiger partial charge >= 0.3 is 0 Å². The van der Waals surface area contributed by atoms with E-state index in [1.807, 2.05) is 7.05 Å². The molecule has 0 aliphatic rings. The highest BCUT2D eigenvalue weighted by Crippen LogP contribution is 2.18. The van der Waals surface area contributed by atoms with Crippen LogP contribution in [0.5, 0.6) is 0 Å². The molecule has 0 radical (unpaired) electrons. The number of fused-ring (bicyclic) bond motifs is 1. The van der Waals surface area contributed by atoms with E-state index in [0.717, 1.165) is 26.1 Å². The molecular weight excluding hydrogens is 212 g/mol. The third-order valence-electron chi connectivity index (χ3n) is 2.97. The molecule has 0 saturated heterocycles. The van der Waals surface area contributed by atoms with Crippen LogP contribution >= 0.6 is 0 Å². The highest BCUT2D eigenvalue weighted by molar-refractivity contribution is 5.80. The molecule has 92 valence electrons. The van der Waals surface area contributed by atoms with Crippen molar-refractivity contribution < 1.29 is 4.74 Å². The summed E-state index contributed by atoms with van der Waals surface area (Å²) in [6.07, 6.45) is 3.21. The van der Waals surface area contributed by atoms with E-state index in [4.69, 9.17) is 4.74 Å². The Bertz CT molecular complexity index is 476. The third kappa shape index (κ3) is 2.87. The molecule has 0 bridgehead atoms. The maximum absolute atomic E-state index is 5.09. The number of benzene rings is 1. The third-order valence-corrected chi connectivity index (χ3v) is 2.97. The van der Waals surface area contributed by atoms with Gasteiger partial charge in [-0.15, -0.1) is 0 Å². The van der Waals surface area contributed by atoms with Crippen molar-refractivity contribution in [2.24, 2.45) is 0 Å². The number of methoxy groups -OCH3 is 1. The van der Waals surface area contributed by atoms with Crippen molar-refractivity contribution >= 4 is 10.9 Å². The van der Waals surface area contributed by atoms with Gasteiger partial charge in [-0.25, -0.2) is 0 Å². The lowest BCUT2D eigenvalue weighted by Crippen LogP contribution is -2.05. The molecule has 0 aliphatic carbocycles. The van der Waals surface area contributed by atoms with Crippen LogP contribution in [0.4, 0.5) is 0 Å². The maximum atomic E-state index is 5.09. The summed E-state index contributed by atoms with van der Waals surface area (Å²) in [6, 6.07) is 8.80. The van der Waals surface area contributed by atoms with Gasteiger partial charge in [0.2, 0.25) is 0 Å². The molecule has 1 heterocycles. The van der Waals surface area contributed by atoms with Crippen LogP contribution in [0.3, 0.4) is 0 Å². The molecule has 3 heteroatoms. The average Bonchev–Trinajstić information content (AvgIpc) is 2.73. The van der Waals surface area contributed by atoms with E-state index in [9.17, 15) is 0 Å². The quantitative estimate of drug-likeness (QED) is 0.774. The maximum Gasteiger partial charge on any atom is 0.0483 e. The minimum absolute atomic E-state index is 0.815. The number of hydrogen-bond acceptors (Lipinski definition) is 2. The summed E-state index contributed by atoms with van der Waals surface area (Å²) in [6.45, 7) is 2.75. The lowest BCUT2D eigenvalue weighted by molar-refractivity contribution is 0.190. The standard InChI is InChI=1S/C14H20N2O/c1-15-11-12-4-5-13-6-8-16(14(13)10-12)7-3-9-17-2/h4-6,8,10,15H,3,7,9,11H2,1-2H3. The number of ether oxygens (including phenoxy) is 1. The summed E-state index contributed by atoms with van der Waals surface area (Å²) in [7, 11) is 3.72. The van der Waals surface area contributed by atoms with Crippen LogP contribution in [0.15, 0.2) is 30.5 Å². The summed E-state index contributed by atoms with van der Waals surface area (Å²) in [5, 5.41) is 4.49. The molecule has 2 rings (SSSR count). The zero-order chi connectivity index (χ0) is 12.1. The molecule has 17 heavy (non-hydrogen) atoms. The molecule has 0 atom stereocenters. The van der Waals surface area contributed by atoms with Crippen molar-refractivity contribution in [3.8, 4) is 0 Å². The van der Waals surface area contributed by atoms with Gasteiger partial charge in [-0.05, 0) is 36.6 Å². The fraction of sp³-hybridized carbons (Fsp3) is 0.429. The Kier molecular flexibility index (Phi) is 4.18. The fourth-order valence-electron chi connectivity index (χ4n) is 2.12. The van der Waals surface area contributed by atoms with E-state index < -0.39 is 0 Å². The molecule has 1 aromatic heterocycles. The molecule has 0 aliphatic heterocycles. The van der Waals surface area contributed by atoms with E-state index in [2.05, 4.69) is 40.3 Å². The number of nitrogens with one attached hydrogen (secondary N) is 1. The fourth-order valence-corrected chi connectivity index (χ4v) is 2.12. The predicted molar refractivity (Wildman–Crippen MR) is 71.2 cm³/mol. The van der Waals surface area contributed by atoms with E-state index >= 15 is 0 Å². The van der Waals surface area contributed by atoms with Crippen molar-refractivity contribution in [2.75, 3.05) is 20.8 Å². The summed E-state index contributed by atoms with van der Waals surface area (Å²) < 4.78 is 7.39. The zero-order valence-electron chi connectivity index (χ0n) is 10.6. The van der Waals surface area contributed by atoms with Gasteiger partial charge in [-0.1, -0.05) is 12.1 Å². The highest BCUT2D eigenvalue weighted by Gasteiger charge is 2.02. The molecule has 0 fully saturated rings. The molecule has 1 aromatic carbocycles. The van der Waals surface area contributed by atoms with Gasteiger partial charge in [0.05, 0.1) is 0 Å². The van der Waals surface area contributed by atoms with E-state index in [1.165, 1.54) is 16.5 Å². The van der Waals surface area contributed by atoms with Crippen LogP contribution < -0.4 is 5.32 Å². The van der Waals surface area contributed by atoms with Crippen molar-refractivity contribution in [1.29, 1.82) is 0 Å². The Balaban J connectivity index is 2.20. The normalized spacial score (nSPS) is 11.2. The van der Waals surface area contributed by atoms with Gasteiger partial charge in [-0.3, -0.25) is 0 Å². The molecular formula is C14H20N2O. The Hall–Kier alpha value is -1.32. The molecule has 0 unspecified atom stereocenters. The second-order valence-electron chi connectivity index (χ2n) is 4.28. The first kappa shape index (κ1) is 12.1. The van der Waals surface area contributed by atoms with Crippen LogP contribution in [-0.2, 0) is 17.8 Å². The Labute approximate surface area is 102 Å². The second kappa shape index (κ2) is 5.84. The first-order valence-electron chi connectivity index (χ1n) is 6.06. The largest absolute Gasteiger partial charge is 0.385 e. The Morgan fingerprint density at radius 2 is 2.18 bits per heavy atom. The van der Waals surface area contributed by atoms with Gasteiger partial charge in [0.15, 0.2) is 0 Å². The summed E-state index contributed by atoms with van der Waals surface area (Å²) in [4.78, 5) is 0. The number of nitrogens with zero attached hydrogens (tertiary/aromatic N) is 1. The predicted octanol–water partition coefficient (Wildman–Crippen LogP) is 2.40. The summed E-state index contributed by atoms with van der Waals surface area (Å²) in [5.74, 6) is 0. The smallest absolute Gasteiger partial charge is 0.0483 e. The molecule has 1 N–H and O–H groups in total. The van der Waals surface area contributed by atoms with Crippen LogP contribution in [-0.4, -0.2) is 25.3 Å². The number of hydrogen-bond donors (Lipinski definition) is 1. The number of aryl methyl sites for hydroxylation is 1. The minimum Gasteiger partial charge on any atom is -0.385 e. The van der Waals surface area contributed by atoms with Crippen LogP contribution in [0.1, 0.15) is 12.0 Å². The molecule has 0 spiro atoms. The zero-order valence-corrected chi connectivity index (χ0v) is 10.6. The molecule has 3 nitrogen and oxygen atoms in total. The van der Waals surface area contributed by atoms with Crippen molar-refractivity contribution in [3.05, 3.63) is 36.0 Å². The number of aromatic nitrogens is 1. The highest BCUT2D eigenvalue weighted by atomic mass is 16.5. The van der Waals surface area contributed by atoms with E-state index in [0.29, 0.717) is 0 Å². The van der Waals surface area contributed by atoms with Gasteiger partial charge in [0, 0.05) is 38.5 Å². The minimum atomic E-state index is 0.815. The SMILES string of the molecule is CNCc1ccc2ccn(CCCOC)c2c1. The van der Waals surface area contributed by atoms with Gasteiger partial charge in [-0.2, -0.15) is 0 Å². The molecule has 0 saturated carbocycles. The Morgan fingerprint density at radius 3 is 2.94 bits per heavy atom. The van der Waals surface area contributed by atoms with Gasteiger partial charge < -0.3 is 14.6 Å². The van der Waals surface area contributed by atoms with Crippen LogP contribution in [0, 0.1) is 0 Å². The monoisotopic (exact) mass is 232 g/mol. The van der Waals surface area contributed by atoms with Crippen molar-refractivity contribution in [1.82, 2.24) is 9.88 Å². The topological polar surface area (TPSA) is 26.2 Å².